The maximum absolute atomic E-state index is 13.1. The van der Waals surface area contributed by atoms with Gasteiger partial charge in [0.1, 0.15) is 12.2 Å². The summed E-state index contributed by atoms with van der Waals surface area (Å²) in [6, 6.07) is 9.30. The van der Waals surface area contributed by atoms with Gasteiger partial charge in [-0.15, -0.1) is 0 Å². The normalized spacial score (nSPS) is 27.2. The number of carbonyl (C=O) groups excluding carboxylic acids is 1. The van der Waals surface area contributed by atoms with Crippen LogP contribution in [0.3, 0.4) is 0 Å². The van der Waals surface area contributed by atoms with Crippen LogP contribution in [0, 0.1) is 0 Å². The number of hydrogen-bond donors (Lipinski definition) is 0. The highest BCUT2D eigenvalue weighted by Gasteiger charge is 2.61. The van der Waals surface area contributed by atoms with E-state index in [0.717, 1.165) is 17.7 Å². The van der Waals surface area contributed by atoms with E-state index in [9.17, 15) is 9.00 Å². The molecule has 1 aliphatic heterocycles. The predicted molar refractivity (Wildman–Crippen MR) is 85.3 cm³/mol. The topological polar surface area (TPSA) is 61.8 Å². The van der Waals surface area contributed by atoms with Gasteiger partial charge in [-0.1, -0.05) is 18.2 Å². The van der Waals surface area contributed by atoms with Gasteiger partial charge in [0.15, 0.2) is 5.79 Å². The van der Waals surface area contributed by atoms with Gasteiger partial charge in [-0.05, 0) is 38.8 Å². The second-order valence-electron chi connectivity index (χ2n) is 6.54. The van der Waals surface area contributed by atoms with Gasteiger partial charge in [0.05, 0.1) is 22.2 Å². The molecule has 2 aliphatic rings. The van der Waals surface area contributed by atoms with Crippen molar-refractivity contribution in [3.63, 3.8) is 0 Å². The predicted octanol–water partition coefficient (Wildman–Crippen LogP) is 2.41. The van der Waals surface area contributed by atoms with E-state index in [-0.39, 0.29) is 5.97 Å². The molecule has 3 atom stereocenters. The van der Waals surface area contributed by atoms with Crippen molar-refractivity contribution in [1.29, 1.82) is 0 Å². The van der Waals surface area contributed by atoms with Crippen molar-refractivity contribution < 1.29 is 23.2 Å². The lowest BCUT2D eigenvalue weighted by atomic mass is 10.1. The van der Waals surface area contributed by atoms with Gasteiger partial charge >= 0.3 is 5.97 Å². The Morgan fingerprint density at radius 3 is 2.43 bits per heavy atom. The molecule has 1 aromatic rings. The number of hydrogen-bond acceptors (Lipinski definition) is 5. The van der Waals surface area contributed by atoms with E-state index >= 15 is 0 Å². The summed E-state index contributed by atoms with van der Waals surface area (Å²) >= 11 is 0. The zero-order chi connectivity index (χ0) is 16.7. The molecule has 3 rings (SSSR count). The molecule has 0 amide bonds. The summed E-state index contributed by atoms with van der Waals surface area (Å²) in [5.41, 5.74) is 0. The molecular formula is C17H22O5S. The first-order chi connectivity index (χ1) is 10.8. The molecule has 23 heavy (non-hydrogen) atoms. The second kappa shape index (κ2) is 6.00. The van der Waals surface area contributed by atoms with Gasteiger partial charge in [0, 0.05) is 11.8 Å². The Morgan fingerprint density at radius 1 is 1.30 bits per heavy atom. The Labute approximate surface area is 138 Å². The lowest BCUT2D eigenvalue weighted by Crippen LogP contribution is -2.46. The van der Waals surface area contributed by atoms with Gasteiger partial charge in [-0.25, -0.2) is 0 Å². The highest BCUT2D eigenvalue weighted by atomic mass is 32.2. The highest BCUT2D eigenvalue weighted by molar-refractivity contribution is 7.87. The molecule has 0 radical (unpaired) electrons. The lowest BCUT2D eigenvalue weighted by Gasteiger charge is -2.30. The minimum absolute atomic E-state index is 0.332. The van der Waals surface area contributed by atoms with Crippen molar-refractivity contribution in [2.24, 2.45) is 0 Å². The number of esters is 1. The van der Waals surface area contributed by atoms with Crippen molar-refractivity contribution in [2.75, 3.05) is 6.61 Å². The van der Waals surface area contributed by atoms with E-state index < -0.39 is 33.5 Å². The van der Waals surface area contributed by atoms with Crippen molar-refractivity contribution in [1.82, 2.24) is 0 Å². The van der Waals surface area contributed by atoms with E-state index in [2.05, 4.69) is 0 Å². The molecule has 2 unspecified atom stereocenters. The monoisotopic (exact) mass is 338 g/mol. The van der Waals surface area contributed by atoms with E-state index in [1.807, 2.05) is 44.2 Å². The summed E-state index contributed by atoms with van der Waals surface area (Å²) in [7, 11) is -1.26. The SMILES string of the molecule is CC(=O)OC([C@H]1COC(C)(C)O1)C1(S(=O)c2ccccc2)CC1. The molecule has 0 aromatic heterocycles. The van der Waals surface area contributed by atoms with Crippen molar-refractivity contribution >= 4 is 16.8 Å². The van der Waals surface area contributed by atoms with Gasteiger partial charge in [0.25, 0.3) is 0 Å². The standard InChI is InChI=1S/C17H22O5S/c1-12(18)21-15(14-11-20-16(2,3)22-14)17(9-10-17)23(19)13-7-5-4-6-8-13/h4-8,14-15H,9-11H2,1-3H3/t14-,15?,23?/m1/s1. The third kappa shape index (κ3) is 3.34. The third-order valence-corrected chi connectivity index (χ3v) is 6.33. The lowest BCUT2D eigenvalue weighted by molar-refractivity contribution is -0.169. The maximum Gasteiger partial charge on any atom is 0.303 e. The van der Waals surface area contributed by atoms with Crippen LogP contribution in [0.25, 0.3) is 0 Å². The van der Waals surface area contributed by atoms with Gasteiger partial charge in [-0.3, -0.25) is 9.00 Å². The molecule has 0 N–H and O–H groups in total. The van der Waals surface area contributed by atoms with Crippen LogP contribution < -0.4 is 0 Å². The van der Waals surface area contributed by atoms with Crippen LogP contribution >= 0.6 is 0 Å². The zero-order valence-corrected chi connectivity index (χ0v) is 14.4. The number of rotatable bonds is 5. The third-order valence-electron chi connectivity index (χ3n) is 4.25. The van der Waals surface area contributed by atoms with Crippen LogP contribution in [0.2, 0.25) is 0 Å². The van der Waals surface area contributed by atoms with E-state index in [0.29, 0.717) is 6.61 Å². The molecule has 1 saturated heterocycles. The highest BCUT2D eigenvalue weighted by Crippen LogP contribution is 2.50. The molecule has 0 spiro atoms. The molecule has 0 bridgehead atoms. The number of ether oxygens (including phenoxy) is 3. The van der Waals surface area contributed by atoms with Crippen LogP contribution in [0.15, 0.2) is 35.2 Å². The van der Waals surface area contributed by atoms with Crippen molar-refractivity contribution in [3.05, 3.63) is 30.3 Å². The van der Waals surface area contributed by atoms with Gasteiger partial charge in [-0.2, -0.15) is 0 Å². The van der Waals surface area contributed by atoms with Gasteiger partial charge < -0.3 is 14.2 Å². The van der Waals surface area contributed by atoms with Crippen molar-refractivity contribution in [2.45, 2.75) is 61.3 Å². The van der Waals surface area contributed by atoms with Crippen LogP contribution in [0.5, 0.6) is 0 Å². The summed E-state index contributed by atoms with van der Waals surface area (Å²) < 4.78 is 29.6. The second-order valence-corrected chi connectivity index (χ2v) is 8.37. The molecule has 2 fully saturated rings. The smallest absolute Gasteiger partial charge is 0.303 e. The average molecular weight is 338 g/mol. The molecular weight excluding hydrogens is 316 g/mol. The van der Waals surface area contributed by atoms with E-state index in [1.165, 1.54) is 6.92 Å². The average Bonchev–Trinajstić information content (AvgIpc) is 3.23. The summed E-state index contributed by atoms with van der Waals surface area (Å²) in [5.74, 6) is -1.10. The molecule has 1 aromatic carbocycles. The van der Waals surface area contributed by atoms with E-state index in [4.69, 9.17) is 14.2 Å². The van der Waals surface area contributed by atoms with Crippen LogP contribution in [0.1, 0.15) is 33.6 Å². The Morgan fingerprint density at radius 2 is 1.96 bits per heavy atom. The Hall–Kier alpha value is -1.24. The fourth-order valence-electron chi connectivity index (χ4n) is 3.04. The summed E-state index contributed by atoms with van der Waals surface area (Å²) in [4.78, 5) is 12.3. The fraction of sp³-hybridized carbons (Fsp3) is 0.588. The fourth-order valence-corrected chi connectivity index (χ4v) is 4.80. The maximum atomic E-state index is 13.1. The molecule has 1 aliphatic carbocycles. The van der Waals surface area contributed by atoms with Crippen LogP contribution in [-0.4, -0.2) is 39.5 Å². The first-order valence-corrected chi connectivity index (χ1v) is 8.95. The summed E-state index contributed by atoms with van der Waals surface area (Å²) in [5, 5.41) is 0. The molecule has 5 nitrogen and oxygen atoms in total. The quantitative estimate of drug-likeness (QED) is 0.772. The van der Waals surface area contributed by atoms with Crippen LogP contribution in [0.4, 0.5) is 0 Å². The Balaban J connectivity index is 1.87. The molecule has 6 heteroatoms. The first-order valence-electron chi connectivity index (χ1n) is 7.80. The molecule has 1 saturated carbocycles. The van der Waals surface area contributed by atoms with Crippen molar-refractivity contribution in [3.8, 4) is 0 Å². The number of benzene rings is 1. The zero-order valence-electron chi connectivity index (χ0n) is 13.6. The molecule has 126 valence electrons. The van der Waals surface area contributed by atoms with Gasteiger partial charge in [0.2, 0.25) is 0 Å². The minimum Gasteiger partial charge on any atom is -0.458 e. The Kier molecular flexibility index (Phi) is 4.33. The largest absolute Gasteiger partial charge is 0.458 e. The Bertz CT molecular complexity index is 609. The van der Waals surface area contributed by atoms with Crippen LogP contribution in [-0.2, 0) is 29.8 Å². The summed E-state index contributed by atoms with van der Waals surface area (Å²) in [6.07, 6.45) is 0.520. The van der Waals surface area contributed by atoms with E-state index in [1.54, 1.807) is 0 Å². The summed E-state index contributed by atoms with van der Waals surface area (Å²) in [6.45, 7) is 5.35. The molecule has 1 heterocycles. The first kappa shape index (κ1) is 16.6. The minimum atomic E-state index is -1.26. The number of carbonyl (C=O) groups is 1.